The largest absolute Gasteiger partial charge is 0.462 e. The fourth-order valence-corrected chi connectivity index (χ4v) is 3.42. The summed E-state index contributed by atoms with van der Waals surface area (Å²) in [4.78, 5) is 25.4. The van der Waals surface area contributed by atoms with Crippen LogP contribution in [-0.4, -0.2) is 18.5 Å². The molecular weight excluding hydrogens is 336 g/mol. The molecule has 1 N–H and O–H groups in total. The van der Waals surface area contributed by atoms with Crippen molar-refractivity contribution in [1.29, 1.82) is 5.26 Å². The Balaban J connectivity index is 2.03. The van der Waals surface area contributed by atoms with Crippen LogP contribution in [0.25, 0.3) is 0 Å². The molecule has 0 spiro atoms. The number of hydrogen-bond acceptors (Lipinski definition) is 5. The van der Waals surface area contributed by atoms with Gasteiger partial charge in [0.2, 0.25) is 5.91 Å². The van der Waals surface area contributed by atoms with Crippen LogP contribution in [0.5, 0.6) is 0 Å². The van der Waals surface area contributed by atoms with E-state index in [1.165, 1.54) is 11.3 Å². The van der Waals surface area contributed by atoms with E-state index >= 15 is 0 Å². The Morgan fingerprint density at radius 3 is 2.52 bits per heavy atom. The number of nitrogens with zero attached hydrogens (tertiary/aromatic N) is 1. The number of thiophene rings is 1. The van der Waals surface area contributed by atoms with E-state index in [0.717, 1.165) is 16.0 Å². The van der Waals surface area contributed by atoms with Crippen LogP contribution < -0.4 is 5.32 Å². The number of carbonyl (C=O) groups excluding carboxylic acids is 2. The second-order valence-electron chi connectivity index (χ2n) is 5.56. The van der Waals surface area contributed by atoms with Crippen LogP contribution in [0.3, 0.4) is 0 Å². The highest BCUT2D eigenvalue weighted by Crippen LogP contribution is 2.33. The minimum Gasteiger partial charge on any atom is -0.462 e. The Labute approximate surface area is 151 Å². The van der Waals surface area contributed by atoms with Gasteiger partial charge in [0.25, 0.3) is 0 Å². The predicted octanol–water partition coefficient (Wildman–Crippen LogP) is 3.98. The minimum atomic E-state index is -0.410. The second kappa shape index (κ2) is 8.45. The normalized spacial score (nSPS) is 10.2. The summed E-state index contributed by atoms with van der Waals surface area (Å²) in [7, 11) is 0. The van der Waals surface area contributed by atoms with Gasteiger partial charge in [-0.3, -0.25) is 4.79 Å². The predicted molar refractivity (Wildman–Crippen MR) is 97.9 cm³/mol. The summed E-state index contributed by atoms with van der Waals surface area (Å²) >= 11 is 1.38. The van der Waals surface area contributed by atoms with Crippen LogP contribution in [0.1, 0.15) is 45.3 Å². The van der Waals surface area contributed by atoms with Gasteiger partial charge in [0.1, 0.15) is 5.00 Å². The maximum atomic E-state index is 12.3. The molecule has 2 rings (SSSR count). The molecule has 0 saturated carbocycles. The van der Waals surface area contributed by atoms with E-state index in [9.17, 15) is 9.59 Å². The number of anilines is 1. The van der Waals surface area contributed by atoms with E-state index in [1.54, 1.807) is 19.1 Å². The van der Waals surface area contributed by atoms with Gasteiger partial charge < -0.3 is 10.1 Å². The SMILES string of the molecule is CCOC(=O)c1c(NC(=O)CCc2ccc(C#N)cc2)sc(C)c1C. The molecule has 1 aromatic heterocycles. The third kappa shape index (κ3) is 4.68. The van der Waals surface area contributed by atoms with Gasteiger partial charge in [-0.2, -0.15) is 5.26 Å². The zero-order valence-electron chi connectivity index (χ0n) is 14.5. The fourth-order valence-electron chi connectivity index (χ4n) is 2.36. The zero-order valence-corrected chi connectivity index (χ0v) is 15.3. The van der Waals surface area contributed by atoms with Gasteiger partial charge in [0, 0.05) is 11.3 Å². The molecule has 0 radical (unpaired) electrons. The van der Waals surface area contributed by atoms with Gasteiger partial charge in [-0.25, -0.2) is 4.79 Å². The first kappa shape index (κ1) is 18.7. The molecule has 0 bridgehead atoms. The van der Waals surface area contributed by atoms with E-state index in [4.69, 9.17) is 10.00 Å². The van der Waals surface area contributed by atoms with Crippen molar-refractivity contribution in [2.24, 2.45) is 0 Å². The lowest BCUT2D eigenvalue weighted by atomic mass is 10.1. The number of nitriles is 1. The van der Waals surface area contributed by atoms with E-state index in [0.29, 0.717) is 35.6 Å². The Morgan fingerprint density at radius 2 is 1.92 bits per heavy atom. The lowest BCUT2D eigenvalue weighted by molar-refractivity contribution is -0.116. The third-order valence-electron chi connectivity index (χ3n) is 3.84. The number of nitrogens with one attached hydrogen (secondary N) is 1. The van der Waals surface area contributed by atoms with Gasteiger partial charge in [-0.15, -0.1) is 11.3 Å². The topological polar surface area (TPSA) is 79.2 Å². The Morgan fingerprint density at radius 1 is 1.24 bits per heavy atom. The van der Waals surface area contributed by atoms with Crippen molar-refractivity contribution in [1.82, 2.24) is 0 Å². The number of aryl methyl sites for hydroxylation is 2. The van der Waals surface area contributed by atoms with Gasteiger partial charge in [0.05, 0.1) is 23.8 Å². The first-order chi connectivity index (χ1) is 12.0. The van der Waals surface area contributed by atoms with Crippen LogP contribution in [0.15, 0.2) is 24.3 Å². The smallest absolute Gasteiger partial charge is 0.341 e. The van der Waals surface area contributed by atoms with E-state index < -0.39 is 5.97 Å². The molecule has 0 unspecified atom stereocenters. The summed E-state index contributed by atoms with van der Waals surface area (Å²) in [6.07, 6.45) is 0.861. The fraction of sp³-hybridized carbons (Fsp3) is 0.316. The van der Waals surface area contributed by atoms with Gasteiger partial charge >= 0.3 is 5.97 Å². The zero-order chi connectivity index (χ0) is 18.4. The number of amides is 1. The highest BCUT2D eigenvalue weighted by Gasteiger charge is 2.21. The maximum absolute atomic E-state index is 12.3. The van der Waals surface area contributed by atoms with Crippen molar-refractivity contribution in [3.8, 4) is 6.07 Å². The molecule has 0 saturated heterocycles. The monoisotopic (exact) mass is 356 g/mol. The van der Waals surface area contributed by atoms with Gasteiger partial charge in [-0.1, -0.05) is 12.1 Å². The standard InChI is InChI=1S/C19H20N2O3S/c1-4-24-19(23)17-12(2)13(3)25-18(17)21-16(22)10-9-14-5-7-15(11-20)8-6-14/h5-8H,4,9-10H2,1-3H3,(H,21,22). The average molecular weight is 356 g/mol. The molecule has 0 aliphatic rings. The molecule has 130 valence electrons. The Bertz CT molecular complexity index is 816. The summed E-state index contributed by atoms with van der Waals surface area (Å²) in [5, 5.41) is 12.2. The second-order valence-corrected chi connectivity index (χ2v) is 6.79. The van der Waals surface area contributed by atoms with Crippen LogP contribution >= 0.6 is 11.3 Å². The average Bonchev–Trinajstić information content (AvgIpc) is 2.87. The van der Waals surface area contributed by atoms with E-state index in [1.807, 2.05) is 26.0 Å². The van der Waals surface area contributed by atoms with Crippen LogP contribution in [0.4, 0.5) is 5.00 Å². The molecule has 0 fully saturated rings. The van der Waals surface area contributed by atoms with Gasteiger partial charge in [0.15, 0.2) is 0 Å². The summed E-state index contributed by atoms with van der Waals surface area (Å²) in [6.45, 7) is 5.81. The quantitative estimate of drug-likeness (QED) is 0.794. The Hall–Kier alpha value is -2.65. The molecular formula is C19H20N2O3S. The van der Waals surface area contributed by atoms with Crippen molar-refractivity contribution in [2.75, 3.05) is 11.9 Å². The molecule has 0 aliphatic carbocycles. The highest BCUT2D eigenvalue weighted by atomic mass is 32.1. The molecule has 5 nitrogen and oxygen atoms in total. The molecule has 2 aromatic rings. The molecule has 1 amide bonds. The van der Waals surface area contributed by atoms with Gasteiger partial charge in [-0.05, 0) is 50.5 Å². The van der Waals surface area contributed by atoms with Crippen LogP contribution in [0, 0.1) is 25.2 Å². The number of ether oxygens (including phenoxy) is 1. The van der Waals surface area contributed by atoms with Crippen LogP contribution in [0.2, 0.25) is 0 Å². The molecule has 1 heterocycles. The van der Waals surface area contributed by atoms with Crippen molar-refractivity contribution < 1.29 is 14.3 Å². The number of rotatable bonds is 6. The summed E-state index contributed by atoms with van der Waals surface area (Å²) in [5.41, 5.74) is 2.86. The highest BCUT2D eigenvalue weighted by molar-refractivity contribution is 7.16. The lowest BCUT2D eigenvalue weighted by Gasteiger charge is -2.07. The molecule has 0 aliphatic heterocycles. The molecule has 6 heteroatoms. The van der Waals surface area contributed by atoms with Crippen molar-refractivity contribution in [2.45, 2.75) is 33.6 Å². The number of hydrogen-bond donors (Lipinski definition) is 1. The number of esters is 1. The first-order valence-electron chi connectivity index (χ1n) is 8.02. The number of benzene rings is 1. The third-order valence-corrected chi connectivity index (χ3v) is 4.96. The number of carbonyl (C=O) groups is 2. The minimum absolute atomic E-state index is 0.156. The summed E-state index contributed by atoms with van der Waals surface area (Å²) < 4.78 is 5.09. The van der Waals surface area contributed by atoms with Crippen molar-refractivity contribution in [3.63, 3.8) is 0 Å². The molecule has 25 heavy (non-hydrogen) atoms. The molecule has 0 atom stereocenters. The van der Waals surface area contributed by atoms with Crippen molar-refractivity contribution in [3.05, 3.63) is 51.4 Å². The molecule has 1 aromatic carbocycles. The van der Waals surface area contributed by atoms with E-state index in [2.05, 4.69) is 11.4 Å². The maximum Gasteiger partial charge on any atom is 0.341 e. The first-order valence-corrected chi connectivity index (χ1v) is 8.83. The van der Waals surface area contributed by atoms with E-state index in [-0.39, 0.29) is 5.91 Å². The lowest BCUT2D eigenvalue weighted by Crippen LogP contribution is -2.15. The summed E-state index contributed by atoms with van der Waals surface area (Å²) in [6, 6.07) is 9.22. The summed E-state index contributed by atoms with van der Waals surface area (Å²) in [5.74, 6) is -0.567. The Kier molecular flexibility index (Phi) is 6.31. The van der Waals surface area contributed by atoms with Crippen LogP contribution in [-0.2, 0) is 16.0 Å². The van der Waals surface area contributed by atoms with Crippen molar-refractivity contribution >= 4 is 28.2 Å².